The number of alkyl halides is 1. The van der Waals surface area contributed by atoms with Crippen LogP contribution in [0.4, 0.5) is 4.39 Å². The van der Waals surface area contributed by atoms with Crippen molar-refractivity contribution in [1.29, 1.82) is 0 Å². The van der Waals surface area contributed by atoms with Crippen LogP contribution in [0.25, 0.3) is 0 Å². The maximum Gasteiger partial charge on any atom is 0.123 e. The van der Waals surface area contributed by atoms with E-state index in [-0.39, 0.29) is 5.41 Å². The van der Waals surface area contributed by atoms with E-state index in [0.29, 0.717) is 6.54 Å². The van der Waals surface area contributed by atoms with E-state index in [1.807, 2.05) is 18.2 Å². The van der Waals surface area contributed by atoms with Crippen molar-refractivity contribution < 1.29 is 9.13 Å². The summed E-state index contributed by atoms with van der Waals surface area (Å²) < 4.78 is 19.0. The lowest BCUT2D eigenvalue weighted by molar-refractivity contribution is 0.360. The average molecular weight is 223 g/mol. The quantitative estimate of drug-likeness (QED) is 0.851. The van der Waals surface area contributed by atoms with Crippen LogP contribution in [-0.4, -0.2) is 13.7 Å². The van der Waals surface area contributed by atoms with Gasteiger partial charge in [-0.25, -0.2) is 4.39 Å². The third-order valence-corrected chi connectivity index (χ3v) is 3.48. The number of rotatable bonds is 4. The molecule has 0 bridgehead atoms. The van der Waals surface area contributed by atoms with Crippen LogP contribution in [0.5, 0.6) is 5.75 Å². The molecule has 0 amide bonds. The number of nitrogens with two attached hydrogens (primary N) is 1. The average Bonchev–Trinajstić information content (AvgIpc) is 3.08. The molecule has 1 aromatic rings. The van der Waals surface area contributed by atoms with E-state index in [1.54, 1.807) is 14.0 Å². The summed E-state index contributed by atoms with van der Waals surface area (Å²) in [5.74, 6) is 0.768. The van der Waals surface area contributed by atoms with Crippen LogP contribution >= 0.6 is 0 Å². The molecular formula is C13H18FNO. The summed E-state index contributed by atoms with van der Waals surface area (Å²) in [5.41, 5.74) is 7.48. The van der Waals surface area contributed by atoms with Crippen molar-refractivity contribution in [3.05, 3.63) is 29.3 Å². The summed E-state index contributed by atoms with van der Waals surface area (Å²) in [6, 6.07) is 5.55. The Morgan fingerprint density at radius 3 is 2.62 bits per heavy atom. The Labute approximate surface area is 95.6 Å². The zero-order valence-electron chi connectivity index (χ0n) is 9.79. The normalized spacial score (nSPS) is 19.2. The first-order valence-corrected chi connectivity index (χ1v) is 5.66. The molecule has 88 valence electrons. The number of hydrogen-bond acceptors (Lipinski definition) is 2. The predicted molar refractivity (Wildman–Crippen MR) is 62.5 cm³/mol. The zero-order valence-corrected chi connectivity index (χ0v) is 9.79. The van der Waals surface area contributed by atoms with Gasteiger partial charge in [0.2, 0.25) is 0 Å². The molecule has 1 unspecified atom stereocenters. The third kappa shape index (κ3) is 1.69. The second-order valence-corrected chi connectivity index (χ2v) is 4.52. The number of ether oxygens (including phenoxy) is 1. The molecule has 1 aromatic carbocycles. The Kier molecular flexibility index (Phi) is 2.89. The lowest BCUT2D eigenvalue weighted by Gasteiger charge is -2.21. The molecule has 1 fully saturated rings. The number of halogens is 1. The van der Waals surface area contributed by atoms with Gasteiger partial charge in [-0.3, -0.25) is 0 Å². The van der Waals surface area contributed by atoms with E-state index in [2.05, 4.69) is 0 Å². The molecule has 0 saturated heterocycles. The maximum absolute atomic E-state index is 13.6. The van der Waals surface area contributed by atoms with Crippen LogP contribution in [0, 0.1) is 0 Å². The Morgan fingerprint density at radius 2 is 2.19 bits per heavy atom. The minimum absolute atomic E-state index is 0.0394. The van der Waals surface area contributed by atoms with Crippen LogP contribution < -0.4 is 10.5 Å². The van der Waals surface area contributed by atoms with Gasteiger partial charge in [0, 0.05) is 17.5 Å². The highest BCUT2D eigenvalue weighted by atomic mass is 19.1. The molecule has 0 spiro atoms. The van der Waals surface area contributed by atoms with Gasteiger partial charge in [-0.2, -0.15) is 0 Å². The van der Waals surface area contributed by atoms with Crippen molar-refractivity contribution in [3.63, 3.8) is 0 Å². The SMILES string of the molecule is COc1cccc(C(C)F)c1C1(CN)CC1. The largest absolute Gasteiger partial charge is 0.496 e. The molecule has 1 atom stereocenters. The topological polar surface area (TPSA) is 35.2 Å². The van der Waals surface area contributed by atoms with E-state index >= 15 is 0 Å². The molecule has 16 heavy (non-hydrogen) atoms. The molecule has 1 aliphatic carbocycles. The molecule has 1 aliphatic rings. The molecule has 2 nitrogen and oxygen atoms in total. The monoisotopic (exact) mass is 223 g/mol. The minimum atomic E-state index is -0.978. The van der Waals surface area contributed by atoms with E-state index < -0.39 is 6.17 Å². The van der Waals surface area contributed by atoms with Gasteiger partial charge in [0.1, 0.15) is 11.9 Å². The van der Waals surface area contributed by atoms with E-state index in [1.165, 1.54) is 0 Å². The lowest BCUT2D eigenvalue weighted by atomic mass is 9.89. The van der Waals surface area contributed by atoms with Crippen molar-refractivity contribution >= 4 is 0 Å². The number of hydrogen-bond donors (Lipinski definition) is 1. The van der Waals surface area contributed by atoms with Crippen LogP contribution in [0.15, 0.2) is 18.2 Å². The van der Waals surface area contributed by atoms with Crippen molar-refractivity contribution in [2.45, 2.75) is 31.4 Å². The summed E-state index contributed by atoms with van der Waals surface area (Å²) in [6.07, 6.45) is 1.09. The van der Waals surface area contributed by atoms with Crippen LogP contribution in [0.3, 0.4) is 0 Å². The first-order valence-electron chi connectivity index (χ1n) is 5.66. The van der Waals surface area contributed by atoms with Crippen LogP contribution in [-0.2, 0) is 5.41 Å². The summed E-state index contributed by atoms with van der Waals surface area (Å²) >= 11 is 0. The van der Waals surface area contributed by atoms with Gasteiger partial charge in [-0.1, -0.05) is 12.1 Å². The first-order chi connectivity index (χ1) is 7.64. The highest BCUT2D eigenvalue weighted by molar-refractivity contribution is 5.49. The summed E-state index contributed by atoms with van der Waals surface area (Å²) in [7, 11) is 1.62. The van der Waals surface area contributed by atoms with Crippen molar-refractivity contribution in [2.75, 3.05) is 13.7 Å². The van der Waals surface area contributed by atoms with Crippen LogP contribution in [0.1, 0.15) is 37.1 Å². The minimum Gasteiger partial charge on any atom is -0.496 e. The van der Waals surface area contributed by atoms with E-state index in [9.17, 15) is 4.39 Å². The fourth-order valence-corrected chi connectivity index (χ4v) is 2.32. The first kappa shape index (κ1) is 11.4. The molecule has 0 heterocycles. The fourth-order valence-electron chi connectivity index (χ4n) is 2.32. The number of methoxy groups -OCH3 is 1. The van der Waals surface area contributed by atoms with Crippen molar-refractivity contribution in [1.82, 2.24) is 0 Å². The molecule has 0 aromatic heterocycles. The second kappa shape index (κ2) is 4.06. The molecule has 2 N–H and O–H groups in total. The highest BCUT2D eigenvalue weighted by Crippen LogP contribution is 2.52. The van der Waals surface area contributed by atoms with Crippen molar-refractivity contribution in [3.8, 4) is 5.75 Å². The molecule has 1 saturated carbocycles. The summed E-state index contributed by atoms with van der Waals surface area (Å²) in [5, 5.41) is 0. The predicted octanol–water partition coefficient (Wildman–Crippen LogP) is 2.72. The van der Waals surface area contributed by atoms with Gasteiger partial charge in [0.25, 0.3) is 0 Å². The summed E-state index contributed by atoms with van der Waals surface area (Å²) in [6.45, 7) is 2.12. The third-order valence-electron chi connectivity index (χ3n) is 3.48. The van der Waals surface area contributed by atoms with Gasteiger partial charge in [-0.05, 0) is 31.4 Å². The maximum atomic E-state index is 13.6. The Balaban J connectivity index is 2.55. The zero-order chi connectivity index (χ0) is 11.8. The Bertz CT molecular complexity index is 386. The lowest BCUT2D eigenvalue weighted by Crippen LogP contribution is -2.22. The molecule has 3 heteroatoms. The Hall–Kier alpha value is -1.09. The molecular weight excluding hydrogens is 205 g/mol. The molecule has 2 rings (SSSR count). The summed E-state index contributed by atoms with van der Waals surface area (Å²) in [4.78, 5) is 0. The van der Waals surface area contributed by atoms with Crippen molar-refractivity contribution in [2.24, 2.45) is 5.73 Å². The van der Waals surface area contributed by atoms with Gasteiger partial charge in [-0.15, -0.1) is 0 Å². The van der Waals surface area contributed by atoms with Gasteiger partial charge < -0.3 is 10.5 Å². The standard InChI is InChI=1S/C13H18FNO/c1-9(14)10-4-3-5-11(16-2)12(10)13(8-15)6-7-13/h3-5,9H,6-8,15H2,1-2H3. The van der Waals surface area contributed by atoms with E-state index in [0.717, 1.165) is 29.7 Å². The Morgan fingerprint density at radius 1 is 1.50 bits per heavy atom. The van der Waals surface area contributed by atoms with Gasteiger partial charge >= 0.3 is 0 Å². The second-order valence-electron chi connectivity index (χ2n) is 4.52. The molecule has 0 aliphatic heterocycles. The smallest absolute Gasteiger partial charge is 0.123 e. The van der Waals surface area contributed by atoms with E-state index in [4.69, 9.17) is 10.5 Å². The fraction of sp³-hybridized carbons (Fsp3) is 0.538. The molecule has 0 radical (unpaired) electrons. The van der Waals surface area contributed by atoms with Gasteiger partial charge in [0.05, 0.1) is 7.11 Å². The number of benzene rings is 1. The van der Waals surface area contributed by atoms with Gasteiger partial charge in [0.15, 0.2) is 0 Å². The highest BCUT2D eigenvalue weighted by Gasteiger charge is 2.46. The van der Waals surface area contributed by atoms with Crippen LogP contribution in [0.2, 0.25) is 0 Å².